The van der Waals surface area contributed by atoms with Crippen LogP contribution in [-0.2, 0) is 11.3 Å². The van der Waals surface area contributed by atoms with Crippen LogP contribution in [-0.4, -0.2) is 41.9 Å². The van der Waals surface area contributed by atoms with Crippen molar-refractivity contribution in [2.45, 2.75) is 51.5 Å². The van der Waals surface area contributed by atoms with Gasteiger partial charge in [-0.15, -0.1) is 0 Å². The summed E-state index contributed by atoms with van der Waals surface area (Å²) in [7, 11) is 0. The fourth-order valence-electron chi connectivity index (χ4n) is 5.03. The maximum atomic E-state index is 14.0. The average molecular weight is 374 g/mol. The third-order valence-corrected chi connectivity index (χ3v) is 6.46. The van der Waals surface area contributed by atoms with Crippen molar-refractivity contribution < 1.29 is 13.6 Å². The maximum absolute atomic E-state index is 14.0. The molecule has 3 aliphatic rings. The van der Waals surface area contributed by atoms with E-state index in [1.165, 1.54) is 6.42 Å². The van der Waals surface area contributed by atoms with Gasteiger partial charge in [0.25, 0.3) is 0 Å². The Kier molecular flexibility index (Phi) is 5.31. The summed E-state index contributed by atoms with van der Waals surface area (Å²) in [6.07, 6.45) is 9.51. The minimum atomic E-state index is -0.780. The Morgan fingerprint density at radius 1 is 1.07 bits per heavy atom. The number of rotatable bonds is 3. The van der Waals surface area contributed by atoms with Crippen molar-refractivity contribution in [1.29, 1.82) is 0 Å². The largest absolute Gasteiger partial charge is 0.338 e. The number of hydrogen-bond donors (Lipinski definition) is 0. The van der Waals surface area contributed by atoms with Crippen LogP contribution >= 0.6 is 0 Å². The van der Waals surface area contributed by atoms with E-state index in [0.29, 0.717) is 12.1 Å². The molecule has 4 rings (SSSR count). The lowest BCUT2D eigenvalue weighted by Gasteiger charge is -2.40. The van der Waals surface area contributed by atoms with Crippen LogP contribution < -0.4 is 0 Å². The number of piperidine rings is 1. The summed E-state index contributed by atoms with van der Waals surface area (Å²) in [4.78, 5) is 17.1. The van der Waals surface area contributed by atoms with Gasteiger partial charge in [0.05, 0.1) is 0 Å². The topological polar surface area (TPSA) is 23.6 Å². The minimum Gasteiger partial charge on any atom is -0.338 e. The van der Waals surface area contributed by atoms with Gasteiger partial charge in [0, 0.05) is 42.7 Å². The molecule has 0 saturated carbocycles. The van der Waals surface area contributed by atoms with E-state index >= 15 is 0 Å². The van der Waals surface area contributed by atoms with E-state index in [2.05, 4.69) is 11.0 Å². The van der Waals surface area contributed by atoms with Crippen molar-refractivity contribution in [1.82, 2.24) is 9.80 Å². The van der Waals surface area contributed by atoms with Crippen LogP contribution in [0.15, 0.2) is 29.8 Å². The molecule has 0 unspecified atom stereocenters. The van der Waals surface area contributed by atoms with E-state index in [1.54, 1.807) is 12.1 Å². The number of amides is 1. The molecular formula is C22H28F2N2O. The van der Waals surface area contributed by atoms with Gasteiger partial charge in [0.1, 0.15) is 0 Å². The molecule has 1 spiro atoms. The molecule has 146 valence electrons. The van der Waals surface area contributed by atoms with E-state index in [4.69, 9.17) is 0 Å². The van der Waals surface area contributed by atoms with Gasteiger partial charge in [-0.3, -0.25) is 9.69 Å². The van der Waals surface area contributed by atoms with Crippen LogP contribution in [0, 0.1) is 17.0 Å². The van der Waals surface area contributed by atoms with Gasteiger partial charge in [-0.25, -0.2) is 8.78 Å². The fraction of sp³-hybridized carbons (Fsp3) is 0.591. The van der Waals surface area contributed by atoms with Crippen molar-refractivity contribution >= 4 is 5.91 Å². The summed E-state index contributed by atoms with van der Waals surface area (Å²) < 4.78 is 27.5. The predicted octanol–water partition coefficient (Wildman–Crippen LogP) is 4.28. The minimum absolute atomic E-state index is 0.104. The molecule has 2 heterocycles. The number of allylic oxidation sites excluding steroid dienone is 1. The number of carbonyl (C=O) groups is 1. The van der Waals surface area contributed by atoms with Crippen molar-refractivity contribution in [3.8, 4) is 0 Å². The average Bonchev–Trinajstić information content (AvgIpc) is 3.09. The van der Waals surface area contributed by atoms with E-state index in [9.17, 15) is 13.6 Å². The molecule has 2 aliphatic heterocycles. The van der Waals surface area contributed by atoms with Crippen molar-refractivity contribution in [2.24, 2.45) is 5.41 Å². The first kappa shape index (κ1) is 18.6. The van der Waals surface area contributed by atoms with Crippen LogP contribution in [0.4, 0.5) is 8.78 Å². The normalized spacial score (nSPS) is 26.4. The highest BCUT2D eigenvalue weighted by molar-refractivity contribution is 5.93. The second-order valence-electron chi connectivity index (χ2n) is 8.48. The van der Waals surface area contributed by atoms with Gasteiger partial charge in [0.15, 0.2) is 11.6 Å². The van der Waals surface area contributed by atoms with Gasteiger partial charge >= 0.3 is 0 Å². The van der Waals surface area contributed by atoms with Crippen LogP contribution in [0.25, 0.3) is 0 Å². The van der Waals surface area contributed by atoms with E-state index in [-0.39, 0.29) is 11.3 Å². The van der Waals surface area contributed by atoms with Crippen molar-refractivity contribution in [2.75, 3.05) is 26.2 Å². The highest BCUT2D eigenvalue weighted by Gasteiger charge is 2.43. The molecule has 1 aromatic rings. The predicted molar refractivity (Wildman–Crippen MR) is 101 cm³/mol. The lowest BCUT2D eigenvalue weighted by atomic mass is 9.79. The molecular weight excluding hydrogens is 346 g/mol. The van der Waals surface area contributed by atoms with Crippen LogP contribution in [0.5, 0.6) is 0 Å². The molecule has 0 N–H and O–H groups in total. The Morgan fingerprint density at radius 3 is 2.78 bits per heavy atom. The van der Waals surface area contributed by atoms with Crippen LogP contribution in [0.3, 0.4) is 0 Å². The maximum Gasteiger partial charge on any atom is 0.249 e. The standard InChI is InChI=1S/C22H28F2N2O/c23-19-9-4-8-18(20(19)24)14-25-12-5-10-22(15-25)11-13-26(16-22)21(27)17-6-2-1-3-7-17/h4,6,8-9H,1-3,5,7,10-16H2/t22-/m1/s1. The lowest BCUT2D eigenvalue weighted by molar-refractivity contribution is -0.127. The zero-order valence-electron chi connectivity index (χ0n) is 15.9. The van der Waals surface area contributed by atoms with Crippen LogP contribution in [0.2, 0.25) is 0 Å². The summed E-state index contributed by atoms with van der Waals surface area (Å²) in [6, 6.07) is 4.40. The molecule has 0 bridgehead atoms. The van der Waals surface area contributed by atoms with Crippen molar-refractivity contribution in [3.63, 3.8) is 0 Å². The van der Waals surface area contributed by atoms with E-state index in [1.807, 2.05) is 4.90 Å². The number of halogens is 2. The van der Waals surface area contributed by atoms with Crippen LogP contribution in [0.1, 0.15) is 50.5 Å². The molecule has 1 aliphatic carbocycles. The first-order valence-corrected chi connectivity index (χ1v) is 10.2. The third-order valence-electron chi connectivity index (χ3n) is 6.46. The molecule has 0 radical (unpaired) electrons. The number of carbonyl (C=O) groups excluding carboxylic acids is 1. The number of nitrogens with zero attached hydrogens (tertiary/aromatic N) is 2. The van der Waals surface area contributed by atoms with Gasteiger partial charge in [-0.05, 0) is 57.6 Å². The van der Waals surface area contributed by atoms with Gasteiger partial charge < -0.3 is 4.90 Å². The second kappa shape index (κ2) is 7.70. The van der Waals surface area contributed by atoms with Crippen molar-refractivity contribution in [3.05, 3.63) is 47.0 Å². The number of benzene rings is 1. The molecule has 3 nitrogen and oxygen atoms in total. The highest BCUT2D eigenvalue weighted by atomic mass is 19.2. The molecule has 1 amide bonds. The second-order valence-corrected chi connectivity index (χ2v) is 8.48. The fourth-order valence-corrected chi connectivity index (χ4v) is 5.03. The zero-order chi connectivity index (χ0) is 18.9. The summed E-state index contributed by atoms with van der Waals surface area (Å²) in [5, 5.41) is 0. The first-order valence-electron chi connectivity index (χ1n) is 10.2. The Labute approximate surface area is 160 Å². The molecule has 1 aromatic carbocycles. The Balaban J connectivity index is 1.41. The van der Waals surface area contributed by atoms with E-state index < -0.39 is 11.6 Å². The van der Waals surface area contributed by atoms with Gasteiger partial charge in [-0.2, -0.15) is 0 Å². The Hall–Kier alpha value is -1.75. The first-order chi connectivity index (χ1) is 13.1. The quantitative estimate of drug-likeness (QED) is 0.788. The molecule has 2 saturated heterocycles. The SMILES string of the molecule is O=C(C1=CCCCC1)N1CC[C@@]2(CCCN(Cc3cccc(F)c3F)C2)C1. The molecule has 1 atom stereocenters. The lowest BCUT2D eigenvalue weighted by Crippen LogP contribution is -2.45. The molecule has 0 aromatic heterocycles. The Morgan fingerprint density at radius 2 is 1.96 bits per heavy atom. The molecule has 27 heavy (non-hydrogen) atoms. The van der Waals surface area contributed by atoms with E-state index in [0.717, 1.165) is 76.3 Å². The van der Waals surface area contributed by atoms with Gasteiger partial charge in [-0.1, -0.05) is 18.2 Å². The summed E-state index contributed by atoms with van der Waals surface area (Å²) in [5.41, 5.74) is 1.52. The Bertz CT molecular complexity index is 748. The molecule has 2 fully saturated rings. The summed E-state index contributed by atoms with van der Waals surface area (Å²) in [5.74, 6) is -1.29. The summed E-state index contributed by atoms with van der Waals surface area (Å²) in [6.45, 7) is 3.80. The third kappa shape index (κ3) is 3.93. The summed E-state index contributed by atoms with van der Waals surface area (Å²) >= 11 is 0. The number of likely N-dealkylation sites (tertiary alicyclic amines) is 2. The van der Waals surface area contributed by atoms with Gasteiger partial charge in [0.2, 0.25) is 5.91 Å². The number of hydrogen-bond acceptors (Lipinski definition) is 2. The highest BCUT2D eigenvalue weighted by Crippen LogP contribution is 2.40. The monoisotopic (exact) mass is 374 g/mol. The zero-order valence-corrected chi connectivity index (χ0v) is 15.9. The smallest absolute Gasteiger partial charge is 0.249 e. The molecule has 5 heteroatoms.